The molecule has 1 amide bonds. The Morgan fingerprint density at radius 2 is 2.10 bits per heavy atom. The molecule has 5 heteroatoms. The lowest BCUT2D eigenvalue weighted by atomic mass is 10.1. The number of nitrogens with one attached hydrogen (secondary N) is 1. The molecular formula is C16H21BrN2OS. The van der Waals surface area contributed by atoms with Gasteiger partial charge in [0.1, 0.15) is 0 Å². The van der Waals surface area contributed by atoms with Gasteiger partial charge in [-0.15, -0.1) is 11.8 Å². The van der Waals surface area contributed by atoms with E-state index in [-0.39, 0.29) is 0 Å². The lowest BCUT2D eigenvalue weighted by molar-refractivity contribution is -0.133. The second-order valence-corrected chi connectivity index (χ2v) is 7.70. The average Bonchev–Trinajstić information content (AvgIpc) is 2.74. The minimum atomic E-state index is 0.339. The van der Waals surface area contributed by atoms with Crippen LogP contribution in [0.15, 0.2) is 33.6 Å². The zero-order valence-electron chi connectivity index (χ0n) is 12.1. The highest BCUT2D eigenvalue weighted by molar-refractivity contribution is 9.10. The molecule has 0 saturated carbocycles. The summed E-state index contributed by atoms with van der Waals surface area (Å²) in [6.45, 7) is 2.02. The third kappa shape index (κ3) is 3.63. The van der Waals surface area contributed by atoms with E-state index in [1.165, 1.54) is 17.7 Å². The topological polar surface area (TPSA) is 32.3 Å². The van der Waals surface area contributed by atoms with Crippen molar-refractivity contribution in [2.75, 3.05) is 18.8 Å². The number of rotatable bonds is 4. The minimum absolute atomic E-state index is 0.339. The van der Waals surface area contributed by atoms with Crippen molar-refractivity contribution in [1.82, 2.24) is 10.2 Å². The molecule has 21 heavy (non-hydrogen) atoms. The molecule has 0 aromatic heterocycles. The van der Waals surface area contributed by atoms with Crippen molar-refractivity contribution in [3.05, 3.63) is 28.7 Å². The molecule has 3 nitrogen and oxygen atoms in total. The quantitative estimate of drug-likeness (QED) is 0.827. The lowest BCUT2D eigenvalue weighted by Crippen LogP contribution is -2.42. The number of carbonyl (C=O) groups is 1. The molecule has 2 aliphatic rings. The fourth-order valence-corrected chi connectivity index (χ4v) is 4.83. The van der Waals surface area contributed by atoms with Gasteiger partial charge < -0.3 is 10.2 Å². The van der Waals surface area contributed by atoms with Crippen molar-refractivity contribution < 1.29 is 4.79 Å². The van der Waals surface area contributed by atoms with E-state index in [1.807, 2.05) is 18.2 Å². The molecule has 2 atom stereocenters. The van der Waals surface area contributed by atoms with Gasteiger partial charge in [-0.25, -0.2) is 0 Å². The molecule has 0 spiro atoms. The van der Waals surface area contributed by atoms with Crippen LogP contribution in [0.4, 0.5) is 0 Å². The first-order valence-corrected chi connectivity index (χ1v) is 9.43. The summed E-state index contributed by atoms with van der Waals surface area (Å²) in [5, 5.41) is 3.45. The molecule has 0 radical (unpaired) electrons. The molecule has 2 fully saturated rings. The van der Waals surface area contributed by atoms with Crippen LogP contribution in [0.5, 0.6) is 0 Å². The third-order valence-electron chi connectivity index (χ3n) is 4.35. The molecule has 2 heterocycles. The smallest absolute Gasteiger partial charge is 0.223 e. The van der Waals surface area contributed by atoms with Crippen LogP contribution in [0.25, 0.3) is 0 Å². The van der Waals surface area contributed by atoms with Crippen LogP contribution in [0, 0.1) is 0 Å². The molecule has 0 aliphatic carbocycles. The van der Waals surface area contributed by atoms with Crippen molar-refractivity contribution in [1.29, 1.82) is 0 Å². The van der Waals surface area contributed by atoms with Crippen LogP contribution < -0.4 is 5.32 Å². The van der Waals surface area contributed by atoms with E-state index in [0.29, 0.717) is 24.4 Å². The maximum absolute atomic E-state index is 12.6. The van der Waals surface area contributed by atoms with Crippen LogP contribution in [-0.4, -0.2) is 41.7 Å². The van der Waals surface area contributed by atoms with Crippen LogP contribution >= 0.6 is 27.7 Å². The van der Waals surface area contributed by atoms with Gasteiger partial charge in [-0.1, -0.05) is 12.1 Å². The van der Waals surface area contributed by atoms with Crippen molar-refractivity contribution in [3.63, 3.8) is 0 Å². The van der Waals surface area contributed by atoms with Gasteiger partial charge in [-0.2, -0.15) is 0 Å². The van der Waals surface area contributed by atoms with Gasteiger partial charge in [0.25, 0.3) is 0 Å². The van der Waals surface area contributed by atoms with Crippen LogP contribution in [-0.2, 0) is 4.79 Å². The number of carbonyl (C=O) groups excluding carboxylic acids is 1. The van der Waals surface area contributed by atoms with E-state index in [2.05, 4.69) is 32.2 Å². The van der Waals surface area contributed by atoms with Crippen LogP contribution in [0.1, 0.15) is 25.7 Å². The Morgan fingerprint density at radius 1 is 1.29 bits per heavy atom. The number of nitrogens with zero attached hydrogens (tertiary/aromatic N) is 1. The molecule has 1 aromatic rings. The summed E-state index contributed by atoms with van der Waals surface area (Å²) in [5.74, 6) is 1.19. The van der Waals surface area contributed by atoms with Crippen molar-refractivity contribution >= 4 is 33.6 Å². The van der Waals surface area contributed by atoms with Gasteiger partial charge in [0, 0.05) is 40.2 Å². The molecule has 114 valence electrons. The van der Waals surface area contributed by atoms with Crippen molar-refractivity contribution in [3.8, 4) is 0 Å². The van der Waals surface area contributed by atoms with Gasteiger partial charge in [-0.05, 0) is 53.9 Å². The number of fused-ring (bicyclic) bond motifs is 2. The normalized spacial score (nSPS) is 24.9. The highest BCUT2D eigenvalue weighted by Gasteiger charge is 2.37. The van der Waals surface area contributed by atoms with Crippen molar-refractivity contribution in [2.45, 2.75) is 42.7 Å². The first-order valence-electron chi connectivity index (χ1n) is 7.65. The van der Waals surface area contributed by atoms with Gasteiger partial charge in [-0.3, -0.25) is 4.79 Å². The number of thioether (sulfide) groups is 1. The van der Waals surface area contributed by atoms with Crippen LogP contribution in [0.3, 0.4) is 0 Å². The van der Waals surface area contributed by atoms with Crippen molar-refractivity contribution in [2.24, 2.45) is 0 Å². The molecule has 2 aliphatic heterocycles. The monoisotopic (exact) mass is 368 g/mol. The molecule has 1 aromatic carbocycles. The zero-order chi connectivity index (χ0) is 14.7. The highest BCUT2D eigenvalue weighted by atomic mass is 79.9. The summed E-state index contributed by atoms with van der Waals surface area (Å²) in [7, 11) is 0. The summed E-state index contributed by atoms with van der Waals surface area (Å²) in [5.41, 5.74) is 0. The fraction of sp³-hybridized carbons (Fsp3) is 0.562. The molecule has 3 rings (SSSR count). The Labute approximate surface area is 139 Å². The average molecular weight is 369 g/mol. The maximum Gasteiger partial charge on any atom is 0.223 e. The Hall–Kier alpha value is -0.520. The largest absolute Gasteiger partial charge is 0.335 e. The first kappa shape index (κ1) is 15.4. The standard InChI is InChI=1S/C16H21BrN2OS/c17-14-3-1-2-4-15(14)21-10-8-16(20)19-12-5-6-13(19)11-18-9-7-12/h1-4,12-13,18H,5-11H2. The van der Waals surface area contributed by atoms with Gasteiger partial charge >= 0.3 is 0 Å². The maximum atomic E-state index is 12.6. The Kier molecular flexibility index (Phi) is 5.24. The molecule has 2 unspecified atom stereocenters. The number of amides is 1. The van der Waals surface area contributed by atoms with E-state index in [4.69, 9.17) is 0 Å². The fourth-order valence-electron chi connectivity index (χ4n) is 3.33. The zero-order valence-corrected chi connectivity index (χ0v) is 14.5. The highest BCUT2D eigenvalue weighted by Crippen LogP contribution is 2.30. The van der Waals surface area contributed by atoms with Gasteiger partial charge in [0.2, 0.25) is 5.91 Å². The van der Waals surface area contributed by atoms with E-state index < -0.39 is 0 Å². The number of halogens is 1. The number of hydrogen-bond donors (Lipinski definition) is 1. The minimum Gasteiger partial charge on any atom is -0.335 e. The summed E-state index contributed by atoms with van der Waals surface area (Å²) < 4.78 is 1.11. The molecule has 2 saturated heterocycles. The second kappa shape index (κ2) is 7.16. The molecular weight excluding hydrogens is 348 g/mol. The predicted octanol–water partition coefficient (Wildman–Crippen LogP) is 3.28. The predicted molar refractivity (Wildman–Crippen MR) is 90.6 cm³/mol. The number of hydrogen-bond acceptors (Lipinski definition) is 3. The van der Waals surface area contributed by atoms with E-state index in [9.17, 15) is 4.79 Å². The summed E-state index contributed by atoms with van der Waals surface area (Å²) >= 11 is 5.31. The van der Waals surface area contributed by atoms with Crippen LogP contribution in [0.2, 0.25) is 0 Å². The summed E-state index contributed by atoms with van der Waals surface area (Å²) in [4.78, 5) is 16.0. The summed E-state index contributed by atoms with van der Waals surface area (Å²) in [6.07, 6.45) is 4.11. The Bertz CT molecular complexity index is 497. The van der Waals surface area contributed by atoms with Gasteiger partial charge in [0.05, 0.1) is 0 Å². The Balaban J connectivity index is 1.53. The number of benzene rings is 1. The van der Waals surface area contributed by atoms with Gasteiger partial charge in [0.15, 0.2) is 0 Å². The Morgan fingerprint density at radius 3 is 2.95 bits per heavy atom. The van der Waals surface area contributed by atoms with E-state index in [0.717, 1.165) is 29.7 Å². The molecule has 1 N–H and O–H groups in total. The second-order valence-electron chi connectivity index (χ2n) is 5.71. The SMILES string of the molecule is O=C(CCSc1ccccc1Br)N1C2CCNCC1CC2. The first-order chi connectivity index (χ1) is 10.3. The van der Waals surface area contributed by atoms with E-state index >= 15 is 0 Å². The molecule has 2 bridgehead atoms. The summed E-state index contributed by atoms with van der Waals surface area (Å²) in [6, 6.07) is 9.10. The lowest BCUT2D eigenvalue weighted by Gasteiger charge is -2.28. The van der Waals surface area contributed by atoms with E-state index in [1.54, 1.807) is 11.8 Å². The third-order valence-corrected chi connectivity index (χ3v) is 6.38.